The van der Waals surface area contributed by atoms with Crippen LogP contribution in [0.25, 0.3) is 0 Å². The van der Waals surface area contributed by atoms with Gasteiger partial charge in [0, 0.05) is 22.7 Å². The first kappa shape index (κ1) is 23.1. The van der Waals surface area contributed by atoms with E-state index in [9.17, 15) is 13.6 Å². The summed E-state index contributed by atoms with van der Waals surface area (Å²) < 4.78 is 25.2. The van der Waals surface area contributed by atoms with E-state index in [0.29, 0.717) is 34.3 Å². The van der Waals surface area contributed by atoms with Gasteiger partial charge in [0.1, 0.15) is 0 Å². The summed E-state index contributed by atoms with van der Waals surface area (Å²) in [5.74, 6) is -2.31. The van der Waals surface area contributed by atoms with Crippen molar-refractivity contribution in [3.8, 4) is 0 Å². The predicted molar refractivity (Wildman–Crippen MR) is 128 cm³/mol. The zero-order valence-corrected chi connectivity index (χ0v) is 19.3. The van der Waals surface area contributed by atoms with E-state index in [0.717, 1.165) is 37.1 Å². The second-order valence-corrected chi connectivity index (χ2v) is 9.93. The van der Waals surface area contributed by atoms with E-state index in [4.69, 9.17) is 0 Å². The molecule has 0 saturated heterocycles. The topological polar surface area (TPSA) is 32.3 Å². The van der Waals surface area contributed by atoms with E-state index in [-0.39, 0.29) is 5.91 Å². The first-order valence-corrected chi connectivity index (χ1v) is 12.7. The zero-order valence-electron chi connectivity index (χ0n) is 18.4. The minimum Gasteiger partial charge on any atom is -0.355 e. The molecule has 2 aromatic rings. The van der Waals surface area contributed by atoms with Gasteiger partial charge in [-0.2, -0.15) is 8.78 Å². The molecule has 1 amide bonds. The van der Waals surface area contributed by atoms with Crippen molar-refractivity contribution in [2.45, 2.75) is 86.9 Å². The van der Waals surface area contributed by atoms with Crippen LogP contribution in [0, 0.1) is 0 Å². The van der Waals surface area contributed by atoms with Crippen molar-refractivity contribution in [1.29, 1.82) is 0 Å². The summed E-state index contributed by atoms with van der Waals surface area (Å²) in [6.45, 7) is 0. The minimum atomic E-state index is -2.43. The Morgan fingerprint density at radius 1 is 0.844 bits per heavy atom. The Balaban J connectivity index is 1.56. The fraction of sp³-hybridized carbons (Fsp3) is 0.500. The lowest BCUT2D eigenvalue weighted by atomic mass is 9.88. The van der Waals surface area contributed by atoms with E-state index in [1.165, 1.54) is 38.5 Å². The number of nitrogens with zero attached hydrogens (tertiary/aromatic N) is 1. The van der Waals surface area contributed by atoms with E-state index in [1.54, 1.807) is 24.3 Å². The van der Waals surface area contributed by atoms with Crippen molar-refractivity contribution >= 4 is 29.0 Å². The fourth-order valence-corrected chi connectivity index (χ4v) is 5.64. The number of nitrogens with one attached hydrogen (secondary N) is 1. The second-order valence-electron chi connectivity index (χ2n) is 8.87. The highest BCUT2D eigenvalue weighted by Crippen LogP contribution is 2.33. The number of hydrogen-bond donors (Lipinski definition) is 1. The molecule has 2 aliphatic carbocycles. The van der Waals surface area contributed by atoms with Crippen LogP contribution < -0.4 is 5.32 Å². The maximum absolute atomic E-state index is 13.9. The van der Waals surface area contributed by atoms with E-state index < -0.39 is 5.76 Å². The maximum Gasteiger partial charge on any atom is 0.288 e. The summed E-state index contributed by atoms with van der Waals surface area (Å²) in [6, 6.07) is 15.3. The van der Waals surface area contributed by atoms with Gasteiger partial charge in [0.05, 0.1) is 11.3 Å². The van der Waals surface area contributed by atoms with Crippen molar-refractivity contribution in [3.05, 3.63) is 54.1 Å². The number of rotatable bonds is 7. The quantitative estimate of drug-likeness (QED) is 0.429. The lowest BCUT2D eigenvalue weighted by Crippen LogP contribution is -2.48. The van der Waals surface area contributed by atoms with Crippen LogP contribution in [0.15, 0.2) is 53.4 Å². The van der Waals surface area contributed by atoms with Crippen molar-refractivity contribution in [2.75, 3.05) is 5.32 Å². The molecule has 2 saturated carbocycles. The number of carbonyl (C=O) groups excluding carboxylic acids is 1. The van der Waals surface area contributed by atoms with Crippen molar-refractivity contribution in [3.63, 3.8) is 0 Å². The van der Waals surface area contributed by atoms with E-state index >= 15 is 0 Å². The summed E-state index contributed by atoms with van der Waals surface area (Å²) in [5, 5.41) is 3.35. The number of para-hydroxylation sites is 1. The average molecular weight is 459 g/mol. The largest absolute Gasteiger partial charge is 0.355 e. The van der Waals surface area contributed by atoms with Gasteiger partial charge in [-0.05, 0) is 62.1 Å². The Bertz CT molecular complexity index is 860. The summed E-state index contributed by atoms with van der Waals surface area (Å²) in [6.07, 6.45) is 11.7. The molecular weight excluding hydrogens is 426 g/mol. The molecule has 0 radical (unpaired) electrons. The minimum absolute atomic E-state index is 0.122. The molecule has 1 N–H and O–H groups in total. The molecule has 172 valence electrons. The van der Waals surface area contributed by atoms with Crippen molar-refractivity contribution in [2.24, 2.45) is 0 Å². The van der Waals surface area contributed by atoms with Crippen LogP contribution in [0.5, 0.6) is 0 Å². The van der Waals surface area contributed by atoms with Gasteiger partial charge >= 0.3 is 0 Å². The molecule has 0 unspecified atom stereocenters. The molecule has 2 aliphatic rings. The van der Waals surface area contributed by atoms with Crippen LogP contribution in [0.4, 0.5) is 20.2 Å². The Labute approximate surface area is 194 Å². The summed E-state index contributed by atoms with van der Waals surface area (Å²) in [5.41, 5.74) is 2.24. The lowest BCUT2D eigenvalue weighted by molar-refractivity contribution is 0.0449. The molecule has 0 atom stereocenters. The van der Waals surface area contributed by atoms with Gasteiger partial charge in [0.15, 0.2) is 0 Å². The molecule has 6 heteroatoms. The van der Waals surface area contributed by atoms with Crippen molar-refractivity contribution < 1.29 is 13.6 Å². The highest BCUT2D eigenvalue weighted by molar-refractivity contribution is 7.99. The van der Waals surface area contributed by atoms with Crippen LogP contribution >= 0.6 is 11.8 Å². The Morgan fingerprint density at radius 2 is 1.41 bits per heavy atom. The molecule has 3 nitrogen and oxygen atoms in total. The smallest absolute Gasteiger partial charge is 0.288 e. The summed E-state index contributed by atoms with van der Waals surface area (Å²) >= 11 is 0.535. The normalized spacial score (nSPS) is 18.0. The highest BCUT2D eigenvalue weighted by Gasteiger charge is 2.33. The van der Waals surface area contributed by atoms with Gasteiger partial charge in [-0.15, -0.1) is 0 Å². The molecule has 0 heterocycles. The molecule has 2 fully saturated rings. The molecule has 0 aromatic heterocycles. The number of carbonyl (C=O) groups is 1. The lowest BCUT2D eigenvalue weighted by Gasteiger charge is -2.42. The molecule has 0 bridgehead atoms. The maximum atomic E-state index is 13.9. The Morgan fingerprint density at radius 3 is 1.97 bits per heavy atom. The number of halogens is 2. The first-order chi connectivity index (χ1) is 15.6. The summed E-state index contributed by atoms with van der Waals surface area (Å²) in [7, 11) is 0. The number of amides is 1. The molecule has 4 rings (SSSR count). The van der Waals surface area contributed by atoms with Gasteiger partial charge in [-0.25, -0.2) is 0 Å². The van der Waals surface area contributed by atoms with Crippen LogP contribution in [0.1, 0.15) is 74.6 Å². The summed E-state index contributed by atoms with van der Waals surface area (Å²) in [4.78, 5) is 16.7. The van der Waals surface area contributed by atoms with E-state index in [1.807, 2.05) is 24.3 Å². The van der Waals surface area contributed by atoms with Gasteiger partial charge in [-0.3, -0.25) is 4.79 Å². The third kappa shape index (κ3) is 5.83. The number of anilines is 2. The molecule has 0 spiro atoms. The van der Waals surface area contributed by atoms with Crippen LogP contribution in [-0.2, 0) is 0 Å². The van der Waals surface area contributed by atoms with Gasteiger partial charge in [0.2, 0.25) is 0 Å². The Kier molecular flexibility index (Phi) is 8.06. The Hall–Kier alpha value is -2.08. The predicted octanol–water partition coefficient (Wildman–Crippen LogP) is 7.85. The number of thioether (sulfide) groups is 1. The fourth-order valence-electron chi connectivity index (χ4n) is 5.14. The number of benzene rings is 2. The third-order valence-corrected chi connectivity index (χ3v) is 7.41. The van der Waals surface area contributed by atoms with Crippen LogP contribution in [0.2, 0.25) is 0 Å². The second kappa shape index (κ2) is 11.2. The van der Waals surface area contributed by atoms with Gasteiger partial charge in [0.25, 0.3) is 11.7 Å². The van der Waals surface area contributed by atoms with Gasteiger partial charge in [-0.1, -0.05) is 62.4 Å². The van der Waals surface area contributed by atoms with Crippen LogP contribution in [-0.4, -0.2) is 28.6 Å². The van der Waals surface area contributed by atoms with Crippen LogP contribution in [0.3, 0.4) is 0 Å². The van der Waals surface area contributed by atoms with Gasteiger partial charge < -0.3 is 10.2 Å². The zero-order chi connectivity index (χ0) is 22.3. The SMILES string of the molecule is O=C(c1ccccc1Nc1ccc(SC(F)F)cc1)N(C1CCCCC1)C1CCCCC1. The third-order valence-electron chi connectivity index (χ3n) is 6.69. The molecule has 32 heavy (non-hydrogen) atoms. The molecule has 0 aliphatic heterocycles. The molecular formula is C26H32F2N2OS. The monoisotopic (exact) mass is 458 g/mol. The number of hydrogen-bond acceptors (Lipinski definition) is 3. The highest BCUT2D eigenvalue weighted by atomic mass is 32.2. The number of alkyl halides is 2. The molecule has 2 aromatic carbocycles. The average Bonchev–Trinajstić information content (AvgIpc) is 2.82. The first-order valence-electron chi connectivity index (χ1n) is 11.9. The van der Waals surface area contributed by atoms with Crippen molar-refractivity contribution in [1.82, 2.24) is 4.90 Å². The standard InChI is InChI=1S/C26H32F2N2OS/c27-26(28)32-22-17-15-19(16-18-22)29-24-14-8-7-13-23(24)25(31)30(20-9-3-1-4-10-20)21-11-5-2-6-12-21/h7-8,13-18,20-21,26,29H,1-6,9-12H2. The van der Waals surface area contributed by atoms with E-state index in [2.05, 4.69) is 10.2 Å².